The highest BCUT2D eigenvalue weighted by atomic mass is 16.2. The van der Waals surface area contributed by atoms with E-state index in [0.29, 0.717) is 11.5 Å². The van der Waals surface area contributed by atoms with Crippen LogP contribution in [-0.2, 0) is 13.0 Å². The molecule has 2 aliphatic heterocycles. The molecule has 1 N–H and O–H groups in total. The molecular formula is C18H29N5O2. The first-order chi connectivity index (χ1) is 12.0. The lowest BCUT2D eigenvalue weighted by atomic mass is 10.1. The van der Waals surface area contributed by atoms with Gasteiger partial charge in [0.2, 0.25) is 0 Å². The number of aromatic nitrogens is 2. The number of hydrogen-bond acceptors (Lipinski definition) is 4. The zero-order valence-corrected chi connectivity index (χ0v) is 15.5. The zero-order valence-electron chi connectivity index (χ0n) is 15.5. The van der Waals surface area contributed by atoms with E-state index < -0.39 is 0 Å². The molecule has 0 aromatic carbocycles. The summed E-state index contributed by atoms with van der Waals surface area (Å²) in [5, 5.41) is 2.91. The molecule has 0 saturated carbocycles. The lowest BCUT2D eigenvalue weighted by molar-refractivity contribution is 0.0625. The van der Waals surface area contributed by atoms with Crippen LogP contribution in [0.4, 0.5) is 0 Å². The topological polar surface area (TPSA) is 70.5 Å². The van der Waals surface area contributed by atoms with E-state index in [1.807, 2.05) is 23.3 Å². The summed E-state index contributed by atoms with van der Waals surface area (Å²) in [6, 6.07) is 0.0507. The van der Waals surface area contributed by atoms with E-state index in [2.05, 4.69) is 22.1 Å². The number of rotatable bonds is 4. The normalized spacial score (nSPS) is 18.3. The van der Waals surface area contributed by atoms with E-state index in [9.17, 15) is 9.59 Å². The summed E-state index contributed by atoms with van der Waals surface area (Å²) >= 11 is 0. The van der Waals surface area contributed by atoms with E-state index in [1.165, 1.54) is 0 Å². The van der Waals surface area contributed by atoms with Crippen molar-refractivity contribution in [2.75, 3.05) is 32.7 Å². The molecule has 0 unspecified atom stereocenters. The number of carbonyl (C=O) groups excluding carboxylic acids is 2. The summed E-state index contributed by atoms with van der Waals surface area (Å²) in [6.45, 7) is 11.0. The Labute approximate surface area is 149 Å². The number of piperazine rings is 1. The number of nitrogens with one attached hydrogen (secondary N) is 1. The number of imidazole rings is 1. The molecule has 0 spiro atoms. The fourth-order valence-corrected chi connectivity index (χ4v) is 3.63. The number of likely N-dealkylation sites (N-methyl/N-ethyl adjacent to an activating group) is 1. The van der Waals surface area contributed by atoms with Gasteiger partial charge in [0.1, 0.15) is 5.69 Å². The molecule has 0 atom stereocenters. The molecule has 1 fully saturated rings. The van der Waals surface area contributed by atoms with Crippen molar-refractivity contribution >= 4 is 11.8 Å². The number of hydrogen-bond donors (Lipinski definition) is 1. The summed E-state index contributed by atoms with van der Waals surface area (Å²) < 4.78 is 1.98. The van der Waals surface area contributed by atoms with Gasteiger partial charge in [-0.05, 0) is 39.7 Å². The maximum absolute atomic E-state index is 13.0. The Balaban J connectivity index is 1.85. The lowest BCUT2D eigenvalue weighted by Gasteiger charge is -2.34. The van der Waals surface area contributed by atoms with Gasteiger partial charge in [0.15, 0.2) is 5.82 Å². The molecule has 1 aromatic heterocycles. The summed E-state index contributed by atoms with van der Waals surface area (Å²) in [5.41, 5.74) is 1.35. The van der Waals surface area contributed by atoms with Crippen molar-refractivity contribution < 1.29 is 9.59 Å². The maximum Gasteiger partial charge on any atom is 0.289 e. The van der Waals surface area contributed by atoms with Crippen LogP contribution >= 0.6 is 0 Å². The number of amides is 2. The molecule has 3 rings (SSSR count). The quantitative estimate of drug-likeness (QED) is 0.887. The van der Waals surface area contributed by atoms with Crippen LogP contribution in [0.15, 0.2) is 0 Å². The van der Waals surface area contributed by atoms with Crippen molar-refractivity contribution in [3.05, 3.63) is 17.2 Å². The maximum atomic E-state index is 13.0. The molecular weight excluding hydrogens is 318 g/mol. The molecule has 1 saturated heterocycles. The van der Waals surface area contributed by atoms with Crippen LogP contribution < -0.4 is 5.32 Å². The molecule has 25 heavy (non-hydrogen) atoms. The first-order valence-electron chi connectivity index (χ1n) is 9.43. The fourth-order valence-electron chi connectivity index (χ4n) is 3.63. The first-order valence-corrected chi connectivity index (χ1v) is 9.43. The molecule has 7 heteroatoms. The Bertz CT molecular complexity index is 644. The van der Waals surface area contributed by atoms with Gasteiger partial charge in [-0.1, -0.05) is 6.92 Å². The average Bonchev–Trinajstić information content (AvgIpc) is 3.00. The molecule has 0 radical (unpaired) electrons. The van der Waals surface area contributed by atoms with Crippen molar-refractivity contribution in [3.63, 3.8) is 0 Å². The van der Waals surface area contributed by atoms with E-state index in [1.54, 1.807) is 0 Å². The van der Waals surface area contributed by atoms with E-state index in [0.717, 1.165) is 64.2 Å². The highest BCUT2D eigenvalue weighted by Crippen LogP contribution is 2.22. The van der Waals surface area contributed by atoms with Crippen LogP contribution in [-0.4, -0.2) is 69.9 Å². The fraction of sp³-hybridized carbons (Fsp3) is 0.722. The van der Waals surface area contributed by atoms with Crippen LogP contribution in [0.1, 0.15) is 60.4 Å². The van der Waals surface area contributed by atoms with Crippen molar-refractivity contribution in [1.29, 1.82) is 0 Å². The second-order valence-electron chi connectivity index (χ2n) is 7.19. The van der Waals surface area contributed by atoms with Crippen molar-refractivity contribution in [2.24, 2.45) is 0 Å². The second kappa shape index (κ2) is 7.56. The Kier molecular flexibility index (Phi) is 5.42. The smallest absolute Gasteiger partial charge is 0.289 e. The molecule has 7 nitrogen and oxygen atoms in total. The predicted octanol–water partition coefficient (Wildman–Crippen LogP) is 1.14. The summed E-state index contributed by atoms with van der Waals surface area (Å²) in [7, 11) is 0. The summed E-state index contributed by atoms with van der Waals surface area (Å²) in [6.07, 6.45) is 2.87. The zero-order chi connectivity index (χ0) is 18.0. The van der Waals surface area contributed by atoms with Gasteiger partial charge in [0.25, 0.3) is 11.8 Å². The summed E-state index contributed by atoms with van der Waals surface area (Å²) in [4.78, 5) is 34.2. The van der Waals surface area contributed by atoms with Crippen LogP contribution in [0.2, 0.25) is 0 Å². The molecule has 0 bridgehead atoms. The molecule has 2 aliphatic rings. The first kappa shape index (κ1) is 17.9. The number of carbonyl (C=O) groups is 2. The highest BCUT2D eigenvalue weighted by molar-refractivity contribution is 5.97. The Hall–Kier alpha value is -1.89. The van der Waals surface area contributed by atoms with Crippen LogP contribution in [0.25, 0.3) is 0 Å². The van der Waals surface area contributed by atoms with Crippen LogP contribution in [0, 0.1) is 0 Å². The SMILES string of the molecule is CCN1CCN(C(=O)c2nc(C(=O)NC(C)C)c3n2CCCC3)CC1. The molecule has 3 heterocycles. The van der Waals surface area contributed by atoms with Gasteiger partial charge in [-0.25, -0.2) is 4.98 Å². The highest BCUT2D eigenvalue weighted by Gasteiger charge is 2.31. The Morgan fingerprint density at radius 2 is 1.84 bits per heavy atom. The van der Waals surface area contributed by atoms with Crippen molar-refractivity contribution in [3.8, 4) is 0 Å². The molecule has 2 amide bonds. The lowest BCUT2D eigenvalue weighted by Crippen LogP contribution is -2.49. The van der Waals surface area contributed by atoms with E-state index in [4.69, 9.17) is 0 Å². The van der Waals surface area contributed by atoms with Crippen LogP contribution in [0.5, 0.6) is 0 Å². The van der Waals surface area contributed by atoms with Gasteiger partial charge >= 0.3 is 0 Å². The average molecular weight is 347 g/mol. The third-order valence-electron chi connectivity index (χ3n) is 5.05. The molecule has 1 aromatic rings. The number of fused-ring (bicyclic) bond motifs is 1. The van der Waals surface area contributed by atoms with Gasteiger partial charge in [-0.3, -0.25) is 9.59 Å². The van der Waals surface area contributed by atoms with E-state index in [-0.39, 0.29) is 17.9 Å². The monoisotopic (exact) mass is 347 g/mol. The van der Waals surface area contributed by atoms with E-state index >= 15 is 0 Å². The minimum atomic E-state index is -0.171. The Morgan fingerprint density at radius 1 is 1.12 bits per heavy atom. The summed E-state index contributed by atoms with van der Waals surface area (Å²) in [5.74, 6) is 0.228. The molecule has 138 valence electrons. The molecule has 0 aliphatic carbocycles. The third-order valence-corrected chi connectivity index (χ3v) is 5.05. The van der Waals surface area contributed by atoms with Crippen molar-refractivity contribution in [1.82, 2.24) is 24.7 Å². The number of nitrogens with zero attached hydrogens (tertiary/aromatic N) is 4. The minimum Gasteiger partial charge on any atom is -0.348 e. The van der Waals surface area contributed by atoms with Crippen LogP contribution in [0.3, 0.4) is 0 Å². The third kappa shape index (κ3) is 3.71. The second-order valence-corrected chi connectivity index (χ2v) is 7.19. The Morgan fingerprint density at radius 3 is 2.48 bits per heavy atom. The standard InChI is InChI=1S/C18H29N5O2/c1-4-21-9-11-22(12-10-21)18(25)16-20-15(17(24)19-13(2)3)14-7-5-6-8-23(14)16/h13H,4-12H2,1-3H3,(H,19,24). The van der Waals surface area contributed by atoms with Crippen molar-refractivity contribution in [2.45, 2.75) is 52.6 Å². The van der Waals surface area contributed by atoms with Gasteiger partial charge in [0, 0.05) is 38.8 Å². The van der Waals surface area contributed by atoms with Gasteiger partial charge < -0.3 is 19.7 Å². The van der Waals surface area contributed by atoms with Gasteiger partial charge in [-0.2, -0.15) is 0 Å². The van der Waals surface area contributed by atoms with Gasteiger partial charge in [-0.15, -0.1) is 0 Å². The minimum absolute atomic E-state index is 0.0394. The van der Waals surface area contributed by atoms with Gasteiger partial charge in [0.05, 0.1) is 5.69 Å². The largest absolute Gasteiger partial charge is 0.348 e. The predicted molar refractivity (Wildman–Crippen MR) is 95.8 cm³/mol.